The van der Waals surface area contributed by atoms with E-state index in [0.29, 0.717) is 23.8 Å². The second-order valence-electron chi connectivity index (χ2n) is 4.43. The molecule has 5 nitrogen and oxygen atoms in total. The monoisotopic (exact) mass is 282 g/mol. The van der Waals surface area contributed by atoms with Gasteiger partial charge < -0.3 is 19.9 Å². The van der Waals surface area contributed by atoms with Crippen molar-refractivity contribution in [3.05, 3.63) is 17.7 Å². The summed E-state index contributed by atoms with van der Waals surface area (Å²) in [5.74, 6) is 1.92. The Morgan fingerprint density at radius 1 is 1.00 bits per heavy atom. The lowest BCUT2D eigenvalue weighted by Crippen LogP contribution is -2.33. The van der Waals surface area contributed by atoms with Crippen molar-refractivity contribution in [1.82, 2.24) is 4.90 Å². The molecule has 0 saturated heterocycles. The molecular formula is C15H26N2O3. The van der Waals surface area contributed by atoms with Crippen LogP contribution in [0.2, 0.25) is 0 Å². The van der Waals surface area contributed by atoms with Gasteiger partial charge in [0.2, 0.25) is 5.75 Å². The second-order valence-corrected chi connectivity index (χ2v) is 4.43. The molecule has 1 unspecified atom stereocenters. The third-order valence-corrected chi connectivity index (χ3v) is 3.55. The number of benzene rings is 1. The molecule has 1 aromatic rings. The molecule has 0 aromatic heterocycles. The van der Waals surface area contributed by atoms with E-state index in [1.54, 1.807) is 21.3 Å². The van der Waals surface area contributed by atoms with Crippen LogP contribution in [0.1, 0.15) is 25.5 Å². The SMILES string of the molecule is CCN(CC)C(CN)c1cc(OC)c(OC)c(OC)c1. The smallest absolute Gasteiger partial charge is 0.203 e. The molecule has 0 heterocycles. The van der Waals surface area contributed by atoms with Crippen LogP contribution in [-0.2, 0) is 0 Å². The summed E-state index contributed by atoms with van der Waals surface area (Å²) in [5.41, 5.74) is 7.03. The van der Waals surface area contributed by atoms with Gasteiger partial charge in [-0.05, 0) is 30.8 Å². The van der Waals surface area contributed by atoms with E-state index in [1.165, 1.54) is 0 Å². The predicted molar refractivity (Wildman–Crippen MR) is 80.8 cm³/mol. The first-order valence-corrected chi connectivity index (χ1v) is 6.90. The lowest BCUT2D eigenvalue weighted by atomic mass is 10.0. The van der Waals surface area contributed by atoms with E-state index < -0.39 is 0 Å². The van der Waals surface area contributed by atoms with Gasteiger partial charge in [-0.15, -0.1) is 0 Å². The highest BCUT2D eigenvalue weighted by Gasteiger charge is 2.21. The summed E-state index contributed by atoms with van der Waals surface area (Å²) < 4.78 is 16.1. The molecule has 2 N–H and O–H groups in total. The minimum atomic E-state index is 0.138. The summed E-state index contributed by atoms with van der Waals surface area (Å²) in [6.07, 6.45) is 0. The minimum absolute atomic E-state index is 0.138. The molecule has 0 aliphatic heterocycles. The average Bonchev–Trinajstić information content (AvgIpc) is 2.50. The van der Waals surface area contributed by atoms with Crippen LogP contribution in [0.4, 0.5) is 0 Å². The van der Waals surface area contributed by atoms with Crippen molar-refractivity contribution < 1.29 is 14.2 Å². The Labute approximate surface area is 121 Å². The zero-order valence-corrected chi connectivity index (χ0v) is 13.1. The fourth-order valence-electron chi connectivity index (χ4n) is 2.45. The van der Waals surface area contributed by atoms with Crippen molar-refractivity contribution in [2.24, 2.45) is 5.73 Å². The van der Waals surface area contributed by atoms with Gasteiger partial charge in [-0.2, -0.15) is 0 Å². The number of ether oxygens (including phenoxy) is 3. The van der Waals surface area contributed by atoms with E-state index in [0.717, 1.165) is 18.7 Å². The zero-order valence-electron chi connectivity index (χ0n) is 13.1. The van der Waals surface area contributed by atoms with Crippen molar-refractivity contribution in [3.63, 3.8) is 0 Å². The number of hydrogen-bond donors (Lipinski definition) is 1. The van der Waals surface area contributed by atoms with Crippen LogP contribution in [0, 0.1) is 0 Å². The van der Waals surface area contributed by atoms with E-state index in [1.807, 2.05) is 12.1 Å². The van der Waals surface area contributed by atoms with Crippen molar-refractivity contribution >= 4 is 0 Å². The molecule has 0 bridgehead atoms. The van der Waals surface area contributed by atoms with Gasteiger partial charge >= 0.3 is 0 Å². The van der Waals surface area contributed by atoms with E-state index in [-0.39, 0.29) is 6.04 Å². The molecule has 20 heavy (non-hydrogen) atoms. The second kappa shape index (κ2) is 7.97. The Morgan fingerprint density at radius 3 is 1.80 bits per heavy atom. The lowest BCUT2D eigenvalue weighted by Gasteiger charge is -2.29. The molecule has 114 valence electrons. The molecular weight excluding hydrogens is 256 g/mol. The molecule has 0 radical (unpaired) electrons. The Morgan fingerprint density at radius 2 is 1.50 bits per heavy atom. The van der Waals surface area contributed by atoms with E-state index >= 15 is 0 Å². The maximum absolute atomic E-state index is 5.96. The largest absolute Gasteiger partial charge is 0.493 e. The Hall–Kier alpha value is -1.46. The minimum Gasteiger partial charge on any atom is -0.493 e. The Kier molecular flexibility index (Phi) is 6.61. The molecule has 0 saturated carbocycles. The number of methoxy groups -OCH3 is 3. The predicted octanol–water partition coefficient (Wildman–Crippen LogP) is 2.05. The highest BCUT2D eigenvalue weighted by molar-refractivity contribution is 5.54. The van der Waals surface area contributed by atoms with E-state index in [9.17, 15) is 0 Å². The lowest BCUT2D eigenvalue weighted by molar-refractivity contribution is 0.222. The third kappa shape index (κ3) is 3.35. The molecule has 0 amide bonds. The van der Waals surface area contributed by atoms with Crippen LogP contribution in [0.25, 0.3) is 0 Å². The van der Waals surface area contributed by atoms with Gasteiger partial charge in [-0.1, -0.05) is 13.8 Å². The average molecular weight is 282 g/mol. The highest BCUT2D eigenvalue weighted by atomic mass is 16.5. The zero-order chi connectivity index (χ0) is 15.1. The summed E-state index contributed by atoms with van der Waals surface area (Å²) in [5, 5.41) is 0. The summed E-state index contributed by atoms with van der Waals surface area (Å²) in [6, 6.07) is 4.08. The highest BCUT2D eigenvalue weighted by Crippen LogP contribution is 2.40. The van der Waals surface area contributed by atoms with Crippen LogP contribution < -0.4 is 19.9 Å². The standard InChI is InChI=1S/C15H26N2O3/c1-6-17(7-2)12(10-16)11-8-13(18-3)15(20-5)14(9-11)19-4/h8-9,12H,6-7,10,16H2,1-5H3. The van der Waals surface area contributed by atoms with Crippen LogP contribution in [0.15, 0.2) is 12.1 Å². The quantitative estimate of drug-likeness (QED) is 0.791. The fraction of sp³-hybridized carbons (Fsp3) is 0.600. The molecule has 1 atom stereocenters. The van der Waals surface area contributed by atoms with Crippen LogP contribution in [0.3, 0.4) is 0 Å². The first kappa shape index (κ1) is 16.6. The summed E-state index contributed by atoms with van der Waals surface area (Å²) in [6.45, 7) is 6.68. The van der Waals surface area contributed by atoms with Crippen molar-refractivity contribution in [1.29, 1.82) is 0 Å². The van der Waals surface area contributed by atoms with Crippen molar-refractivity contribution in [2.45, 2.75) is 19.9 Å². The van der Waals surface area contributed by atoms with Gasteiger partial charge in [-0.3, -0.25) is 4.90 Å². The summed E-state index contributed by atoms with van der Waals surface area (Å²) in [4.78, 5) is 2.31. The van der Waals surface area contributed by atoms with Crippen molar-refractivity contribution in [2.75, 3.05) is 41.0 Å². The van der Waals surface area contributed by atoms with E-state index in [2.05, 4.69) is 18.7 Å². The topological polar surface area (TPSA) is 57.0 Å². The normalized spacial score (nSPS) is 12.3. The first-order valence-electron chi connectivity index (χ1n) is 6.90. The number of hydrogen-bond acceptors (Lipinski definition) is 5. The molecule has 1 rings (SSSR count). The third-order valence-electron chi connectivity index (χ3n) is 3.55. The molecule has 0 fully saturated rings. The molecule has 0 aliphatic rings. The Balaban J connectivity index is 3.29. The first-order chi connectivity index (χ1) is 9.66. The van der Waals surface area contributed by atoms with Gasteiger partial charge in [0.1, 0.15) is 0 Å². The molecule has 5 heteroatoms. The number of nitrogens with zero attached hydrogens (tertiary/aromatic N) is 1. The molecule has 0 aliphatic carbocycles. The fourth-order valence-corrected chi connectivity index (χ4v) is 2.45. The van der Waals surface area contributed by atoms with Gasteiger partial charge in [0.05, 0.1) is 21.3 Å². The summed E-state index contributed by atoms with van der Waals surface area (Å²) >= 11 is 0. The summed E-state index contributed by atoms with van der Waals surface area (Å²) in [7, 11) is 4.84. The van der Waals surface area contributed by atoms with Crippen molar-refractivity contribution in [3.8, 4) is 17.2 Å². The number of likely N-dealkylation sites (N-methyl/N-ethyl adjacent to an activating group) is 1. The van der Waals surface area contributed by atoms with Crippen LogP contribution >= 0.6 is 0 Å². The Bertz CT molecular complexity index is 395. The van der Waals surface area contributed by atoms with Gasteiger partial charge in [0.25, 0.3) is 0 Å². The van der Waals surface area contributed by atoms with Gasteiger partial charge in [0.15, 0.2) is 11.5 Å². The van der Waals surface area contributed by atoms with Crippen LogP contribution in [0.5, 0.6) is 17.2 Å². The van der Waals surface area contributed by atoms with E-state index in [4.69, 9.17) is 19.9 Å². The maximum Gasteiger partial charge on any atom is 0.203 e. The number of nitrogens with two attached hydrogens (primary N) is 1. The molecule has 0 spiro atoms. The maximum atomic E-state index is 5.96. The van der Waals surface area contributed by atoms with Gasteiger partial charge in [-0.25, -0.2) is 0 Å². The molecule has 1 aromatic carbocycles. The van der Waals surface area contributed by atoms with Crippen LogP contribution in [-0.4, -0.2) is 45.9 Å². The number of rotatable bonds is 8. The van der Waals surface area contributed by atoms with Gasteiger partial charge in [0, 0.05) is 12.6 Å².